The maximum Gasteiger partial charge on any atom is 0.306 e. The summed E-state index contributed by atoms with van der Waals surface area (Å²) in [5.41, 5.74) is 0. The molecule has 0 saturated carbocycles. The normalized spacial score (nSPS) is 13.7. The first kappa shape index (κ1) is 46.0. The molecule has 0 aromatic rings. The van der Waals surface area contributed by atoms with Gasteiger partial charge in [-0.15, -0.1) is 0 Å². The molecule has 0 heterocycles. The first-order chi connectivity index (χ1) is 22.5. The largest absolute Gasteiger partial charge is 0.756 e. The van der Waals surface area contributed by atoms with Crippen LogP contribution in [0.2, 0.25) is 0 Å². The van der Waals surface area contributed by atoms with E-state index in [-0.39, 0.29) is 26.1 Å². The summed E-state index contributed by atoms with van der Waals surface area (Å²) < 4.78 is 33.5. The SMILES string of the molecule is CCCCCCCCCCCCCCCCCCCCCC(=O)OC(COC(=O)CCCCCC)COP(=O)([O-])OCC[N+](C)(C)C. The van der Waals surface area contributed by atoms with Crippen LogP contribution in [0.25, 0.3) is 0 Å². The third kappa shape index (κ3) is 34.7. The molecule has 0 aromatic carbocycles. The lowest BCUT2D eigenvalue weighted by Crippen LogP contribution is -2.37. The standard InChI is InChI=1S/C37H74NO8P/c1-6-8-10-12-13-14-15-16-17-18-19-20-21-22-23-24-25-26-28-30-37(40)46-35(33-43-36(39)29-27-11-9-7-2)34-45-47(41,42)44-32-31-38(3,4)5/h35H,6-34H2,1-5H3. The van der Waals surface area contributed by atoms with Crippen LogP contribution < -0.4 is 4.89 Å². The maximum absolute atomic E-state index is 12.5. The molecule has 280 valence electrons. The molecular formula is C37H74NO8P. The second kappa shape index (κ2) is 31.0. The number of phosphoric ester groups is 1. The molecule has 0 spiro atoms. The molecule has 0 fully saturated rings. The van der Waals surface area contributed by atoms with Gasteiger partial charge in [0, 0.05) is 12.8 Å². The lowest BCUT2D eigenvalue weighted by molar-refractivity contribution is -0.870. The predicted molar refractivity (Wildman–Crippen MR) is 190 cm³/mol. The van der Waals surface area contributed by atoms with Crippen molar-refractivity contribution in [3.05, 3.63) is 0 Å². The predicted octanol–water partition coefficient (Wildman–Crippen LogP) is 9.44. The quantitative estimate of drug-likeness (QED) is 0.0280. The van der Waals surface area contributed by atoms with Crippen LogP contribution in [0.3, 0.4) is 0 Å². The first-order valence-corrected chi connectivity index (χ1v) is 20.7. The van der Waals surface area contributed by atoms with E-state index in [1.54, 1.807) is 0 Å². The highest BCUT2D eigenvalue weighted by Gasteiger charge is 2.21. The molecule has 2 atom stereocenters. The lowest BCUT2D eigenvalue weighted by Gasteiger charge is -2.28. The Labute approximate surface area is 289 Å². The van der Waals surface area contributed by atoms with Gasteiger partial charge >= 0.3 is 11.9 Å². The molecule has 2 unspecified atom stereocenters. The summed E-state index contributed by atoms with van der Waals surface area (Å²) in [4.78, 5) is 36.9. The minimum absolute atomic E-state index is 0.0269. The van der Waals surface area contributed by atoms with E-state index in [1.165, 1.54) is 103 Å². The molecule has 0 saturated heterocycles. The van der Waals surface area contributed by atoms with E-state index in [2.05, 4.69) is 13.8 Å². The topological polar surface area (TPSA) is 111 Å². The third-order valence-electron chi connectivity index (χ3n) is 8.38. The Morgan fingerprint density at radius 2 is 0.957 bits per heavy atom. The Balaban J connectivity index is 4.13. The lowest BCUT2D eigenvalue weighted by atomic mass is 10.0. The van der Waals surface area contributed by atoms with Crippen LogP contribution in [-0.2, 0) is 32.7 Å². The molecule has 9 nitrogen and oxygen atoms in total. The van der Waals surface area contributed by atoms with E-state index < -0.39 is 32.5 Å². The van der Waals surface area contributed by atoms with E-state index in [9.17, 15) is 19.0 Å². The highest BCUT2D eigenvalue weighted by molar-refractivity contribution is 7.45. The first-order valence-electron chi connectivity index (χ1n) is 19.2. The molecule has 47 heavy (non-hydrogen) atoms. The number of hydrogen-bond acceptors (Lipinski definition) is 8. The summed E-state index contributed by atoms with van der Waals surface area (Å²) in [5.74, 6) is -0.846. The Bertz CT molecular complexity index is 789. The number of ether oxygens (including phenoxy) is 2. The second-order valence-electron chi connectivity index (χ2n) is 14.3. The minimum atomic E-state index is -4.60. The summed E-state index contributed by atoms with van der Waals surface area (Å²) in [6.07, 6.45) is 27.6. The van der Waals surface area contributed by atoms with Crippen molar-refractivity contribution in [1.29, 1.82) is 0 Å². The Morgan fingerprint density at radius 1 is 0.574 bits per heavy atom. The van der Waals surface area contributed by atoms with Crippen molar-refractivity contribution in [2.24, 2.45) is 0 Å². The molecule has 10 heteroatoms. The number of unbranched alkanes of at least 4 members (excludes halogenated alkanes) is 21. The zero-order valence-corrected chi connectivity index (χ0v) is 32.1. The van der Waals surface area contributed by atoms with Gasteiger partial charge in [-0.1, -0.05) is 149 Å². The van der Waals surface area contributed by atoms with Crippen LogP contribution in [0.1, 0.15) is 174 Å². The van der Waals surface area contributed by atoms with Gasteiger partial charge in [0.05, 0.1) is 27.7 Å². The Kier molecular flexibility index (Phi) is 30.4. The molecule has 0 radical (unpaired) electrons. The van der Waals surface area contributed by atoms with Gasteiger partial charge in [0.25, 0.3) is 7.82 Å². The highest BCUT2D eigenvalue weighted by atomic mass is 31.2. The van der Waals surface area contributed by atoms with Crippen LogP contribution in [-0.4, -0.2) is 70.0 Å². The molecule has 0 aliphatic heterocycles. The number of quaternary nitrogens is 1. The molecule has 0 N–H and O–H groups in total. The maximum atomic E-state index is 12.5. The van der Waals surface area contributed by atoms with E-state index >= 15 is 0 Å². The van der Waals surface area contributed by atoms with Gasteiger partial charge in [0.15, 0.2) is 6.10 Å². The van der Waals surface area contributed by atoms with E-state index in [4.69, 9.17) is 18.5 Å². The number of esters is 2. The number of hydrogen-bond donors (Lipinski definition) is 0. The molecule has 0 aliphatic rings. The summed E-state index contributed by atoms with van der Waals surface area (Å²) >= 11 is 0. The van der Waals surface area contributed by atoms with Crippen LogP contribution in [0.5, 0.6) is 0 Å². The van der Waals surface area contributed by atoms with Gasteiger partial charge in [-0.2, -0.15) is 0 Å². The zero-order valence-electron chi connectivity index (χ0n) is 31.2. The number of carbonyl (C=O) groups is 2. The summed E-state index contributed by atoms with van der Waals surface area (Å²) in [7, 11) is 1.17. The van der Waals surface area contributed by atoms with Crippen LogP contribution in [0.4, 0.5) is 0 Å². The van der Waals surface area contributed by atoms with Gasteiger partial charge in [-0.25, -0.2) is 0 Å². The van der Waals surface area contributed by atoms with Gasteiger partial charge in [0.1, 0.15) is 19.8 Å². The van der Waals surface area contributed by atoms with Crippen molar-refractivity contribution in [3.8, 4) is 0 Å². The Morgan fingerprint density at radius 3 is 1.38 bits per heavy atom. The van der Waals surface area contributed by atoms with Gasteiger partial charge in [-0.05, 0) is 12.8 Å². The fourth-order valence-corrected chi connectivity index (χ4v) is 6.03. The molecule has 0 rings (SSSR count). The third-order valence-corrected chi connectivity index (χ3v) is 9.34. The number of phosphoric acid groups is 1. The fourth-order valence-electron chi connectivity index (χ4n) is 5.30. The fraction of sp³-hybridized carbons (Fsp3) is 0.946. The monoisotopic (exact) mass is 692 g/mol. The smallest absolute Gasteiger partial charge is 0.306 e. The highest BCUT2D eigenvalue weighted by Crippen LogP contribution is 2.38. The molecule has 0 aliphatic carbocycles. The van der Waals surface area contributed by atoms with Crippen molar-refractivity contribution in [2.75, 3.05) is 47.5 Å². The van der Waals surface area contributed by atoms with Gasteiger partial charge < -0.3 is 27.9 Å². The summed E-state index contributed by atoms with van der Waals surface area (Å²) in [6, 6.07) is 0. The van der Waals surface area contributed by atoms with Gasteiger partial charge in [0.2, 0.25) is 0 Å². The Hall–Kier alpha value is -0.990. The average molecular weight is 692 g/mol. The van der Waals surface area contributed by atoms with E-state index in [0.29, 0.717) is 17.4 Å². The molecular weight excluding hydrogens is 617 g/mol. The van der Waals surface area contributed by atoms with E-state index in [0.717, 1.165) is 38.5 Å². The van der Waals surface area contributed by atoms with E-state index in [1.807, 2.05) is 21.1 Å². The zero-order chi connectivity index (χ0) is 35.1. The number of rotatable bonds is 35. The number of likely N-dealkylation sites (N-methyl/N-ethyl adjacent to an activating group) is 1. The average Bonchev–Trinajstić information content (AvgIpc) is 3.01. The van der Waals surface area contributed by atoms with Crippen molar-refractivity contribution >= 4 is 19.8 Å². The summed E-state index contributed by atoms with van der Waals surface area (Å²) in [6.45, 7) is 4.10. The van der Waals surface area contributed by atoms with Crippen molar-refractivity contribution in [1.82, 2.24) is 0 Å². The summed E-state index contributed by atoms with van der Waals surface area (Å²) in [5, 5.41) is 0. The number of carbonyl (C=O) groups excluding carboxylic acids is 2. The molecule has 0 bridgehead atoms. The van der Waals surface area contributed by atoms with Crippen molar-refractivity contribution in [3.63, 3.8) is 0 Å². The minimum Gasteiger partial charge on any atom is -0.756 e. The van der Waals surface area contributed by atoms with Crippen molar-refractivity contribution in [2.45, 2.75) is 180 Å². The molecule has 0 amide bonds. The van der Waals surface area contributed by atoms with Gasteiger partial charge in [-0.3, -0.25) is 14.2 Å². The molecule has 0 aromatic heterocycles. The number of nitrogens with zero attached hydrogens (tertiary/aromatic N) is 1. The van der Waals surface area contributed by atoms with Crippen LogP contribution >= 0.6 is 7.82 Å². The van der Waals surface area contributed by atoms with Crippen LogP contribution in [0, 0.1) is 0 Å². The van der Waals surface area contributed by atoms with Crippen molar-refractivity contribution < 1.29 is 42.1 Å². The van der Waals surface area contributed by atoms with Crippen LogP contribution in [0.15, 0.2) is 0 Å². The second-order valence-corrected chi connectivity index (χ2v) is 15.7.